The molecule has 3 aromatic rings. The Kier molecular flexibility index (Phi) is 8.13. The van der Waals surface area contributed by atoms with Crippen molar-refractivity contribution in [2.75, 3.05) is 20.3 Å². The molecule has 1 N–H and O–H groups in total. The van der Waals surface area contributed by atoms with E-state index in [0.29, 0.717) is 41.2 Å². The van der Waals surface area contributed by atoms with Crippen LogP contribution in [0.15, 0.2) is 63.5 Å². The highest BCUT2D eigenvalue weighted by Crippen LogP contribution is 2.34. The van der Waals surface area contributed by atoms with Crippen molar-refractivity contribution in [3.63, 3.8) is 0 Å². The number of carbonyl (C=O) groups is 2. The number of aliphatic carboxylic acids is 1. The van der Waals surface area contributed by atoms with Crippen molar-refractivity contribution in [3.8, 4) is 11.5 Å². The first-order valence-electron chi connectivity index (χ1n) is 11.2. The molecule has 1 atom stereocenters. The Morgan fingerprint density at radius 1 is 1.24 bits per heavy atom. The lowest BCUT2D eigenvalue weighted by Gasteiger charge is -2.24. The van der Waals surface area contributed by atoms with Crippen LogP contribution in [0, 0.1) is 3.57 Å². The van der Waals surface area contributed by atoms with Gasteiger partial charge < -0.3 is 19.3 Å². The van der Waals surface area contributed by atoms with Gasteiger partial charge in [0, 0.05) is 0 Å². The number of allylic oxidation sites excluding steroid dienone is 1. The first-order valence-corrected chi connectivity index (χ1v) is 13.1. The lowest BCUT2D eigenvalue weighted by Crippen LogP contribution is -2.39. The summed E-state index contributed by atoms with van der Waals surface area (Å²) in [6.07, 6.45) is 1.71. The van der Waals surface area contributed by atoms with Gasteiger partial charge in [0.15, 0.2) is 22.9 Å². The van der Waals surface area contributed by atoms with Gasteiger partial charge in [0.1, 0.15) is 0 Å². The number of halogens is 1. The highest BCUT2D eigenvalue weighted by Gasteiger charge is 2.33. The third kappa shape index (κ3) is 5.47. The minimum Gasteiger partial charge on any atom is -0.493 e. The van der Waals surface area contributed by atoms with Gasteiger partial charge in [0.25, 0.3) is 5.56 Å². The summed E-state index contributed by atoms with van der Waals surface area (Å²) in [5.74, 6) is -0.964. The summed E-state index contributed by atoms with van der Waals surface area (Å²) in [5, 5.41) is 8.94. The van der Waals surface area contributed by atoms with Gasteiger partial charge in [-0.15, -0.1) is 0 Å². The Hall–Kier alpha value is -3.45. The van der Waals surface area contributed by atoms with E-state index in [1.165, 1.54) is 23.0 Å². The summed E-state index contributed by atoms with van der Waals surface area (Å²) in [5.41, 5.74) is 1.95. The van der Waals surface area contributed by atoms with Gasteiger partial charge in [-0.1, -0.05) is 41.7 Å². The summed E-state index contributed by atoms with van der Waals surface area (Å²) < 4.78 is 18.6. The number of hydrogen-bond donors (Lipinski definition) is 1. The van der Waals surface area contributed by atoms with Crippen molar-refractivity contribution >= 4 is 51.9 Å². The van der Waals surface area contributed by atoms with Crippen LogP contribution >= 0.6 is 33.9 Å². The van der Waals surface area contributed by atoms with E-state index in [9.17, 15) is 14.4 Å². The van der Waals surface area contributed by atoms with Gasteiger partial charge in [0.05, 0.1) is 39.1 Å². The largest absolute Gasteiger partial charge is 0.493 e. The number of carboxylic acid groups (broad SMARTS) is 1. The summed E-state index contributed by atoms with van der Waals surface area (Å²) in [6.45, 7) is 3.16. The zero-order valence-corrected chi connectivity index (χ0v) is 23.2. The lowest BCUT2D eigenvalue weighted by molar-refractivity contribution is -0.140. The molecule has 2 heterocycles. The molecule has 0 amide bonds. The van der Waals surface area contributed by atoms with E-state index < -0.39 is 24.6 Å². The summed E-state index contributed by atoms with van der Waals surface area (Å²) in [7, 11) is 1.45. The number of carbonyl (C=O) groups excluding carboxylic acids is 1. The fraction of sp³-hybridized carbons (Fsp3) is 0.231. The number of ether oxygens (including phenoxy) is 3. The second kappa shape index (κ2) is 11.3. The zero-order valence-electron chi connectivity index (χ0n) is 20.2. The molecule has 1 aliphatic heterocycles. The van der Waals surface area contributed by atoms with Crippen LogP contribution in [0.2, 0.25) is 0 Å². The van der Waals surface area contributed by atoms with Crippen LogP contribution in [0.1, 0.15) is 31.0 Å². The molecule has 0 saturated heterocycles. The van der Waals surface area contributed by atoms with Crippen molar-refractivity contribution < 1.29 is 28.9 Å². The SMILES string of the molecule is CCOC(=O)C1=C(C)N=c2s/c(=C\c3cc(I)c(OCC(=O)O)c(OC)c3)c(=O)n2[C@@H]1c1ccccc1. The Labute approximate surface area is 229 Å². The molecule has 1 aromatic heterocycles. The normalized spacial score (nSPS) is 15.1. The molecule has 9 nitrogen and oxygen atoms in total. The Balaban J connectivity index is 1.87. The average Bonchev–Trinajstić information content (AvgIpc) is 3.16. The summed E-state index contributed by atoms with van der Waals surface area (Å²) >= 11 is 3.24. The molecular weight excluding hydrogens is 611 g/mol. The summed E-state index contributed by atoms with van der Waals surface area (Å²) in [4.78, 5) is 42.6. The first-order chi connectivity index (χ1) is 17.7. The molecule has 11 heteroatoms. The maximum absolute atomic E-state index is 13.7. The molecule has 0 unspecified atom stereocenters. The second-order valence-corrected chi connectivity index (χ2v) is 10.1. The number of hydrogen-bond acceptors (Lipinski definition) is 8. The number of aromatic nitrogens is 1. The quantitative estimate of drug-likeness (QED) is 0.299. The van der Waals surface area contributed by atoms with Gasteiger partial charge in [0.2, 0.25) is 0 Å². The van der Waals surface area contributed by atoms with Crippen LogP contribution in [0.25, 0.3) is 6.08 Å². The Morgan fingerprint density at radius 2 is 1.97 bits per heavy atom. The van der Waals surface area contributed by atoms with Crippen LogP contribution in [0.3, 0.4) is 0 Å². The standard InChI is InChI=1S/C26H23IN2O7S/c1-4-35-25(33)21-14(2)28-26-29(22(21)16-8-6-5-7-9-16)24(32)19(37-26)12-15-10-17(27)23(18(11-15)34-3)36-13-20(30)31/h5-12,22H,4,13H2,1-3H3,(H,30,31)/b19-12-/t22-/m1/s1. The van der Waals surface area contributed by atoms with E-state index in [1.807, 2.05) is 52.9 Å². The van der Waals surface area contributed by atoms with Gasteiger partial charge in [-0.3, -0.25) is 9.36 Å². The van der Waals surface area contributed by atoms with Crippen LogP contribution < -0.4 is 24.4 Å². The van der Waals surface area contributed by atoms with Crippen LogP contribution in [-0.2, 0) is 14.3 Å². The lowest BCUT2D eigenvalue weighted by atomic mass is 9.96. The number of rotatable bonds is 8. The van der Waals surface area contributed by atoms with Gasteiger partial charge in [-0.25, -0.2) is 14.6 Å². The maximum atomic E-state index is 13.7. The smallest absolute Gasteiger partial charge is 0.341 e. The number of methoxy groups -OCH3 is 1. The number of esters is 1. The van der Waals surface area contributed by atoms with E-state index in [-0.39, 0.29) is 12.2 Å². The molecule has 0 bridgehead atoms. The fourth-order valence-corrected chi connectivity index (χ4v) is 5.82. The van der Waals surface area contributed by atoms with Crippen molar-refractivity contribution in [2.24, 2.45) is 4.99 Å². The zero-order chi connectivity index (χ0) is 26.7. The van der Waals surface area contributed by atoms with Gasteiger partial charge >= 0.3 is 11.9 Å². The fourth-order valence-electron chi connectivity index (χ4n) is 3.99. The molecule has 2 aromatic carbocycles. The molecule has 0 saturated carbocycles. The van der Waals surface area contributed by atoms with E-state index in [4.69, 9.17) is 19.3 Å². The van der Waals surface area contributed by atoms with Crippen LogP contribution in [-0.4, -0.2) is 41.9 Å². The number of thiazole rings is 1. The van der Waals surface area contributed by atoms with Crippen LogP contribution in [0.4, 0.5) is 0 Å². The summed E-state index contributed by atoms with van der Waals surface area (Å²) in [6, 6.07) is 12.1. The predicted octanol–water partition coefficient (Wildman–Crippen LogP) is 2.87. The molecule has 0 fully saturated rings. The maximum Gasteiger partial charge on any atom is 0.341 e. The molecule has 0 radical (unpaired) electrons. The Bertz CT molecular complexity index is 1570. The van der Waals surface area contributed by atoms with Crippen molar-refractivity contribution in [1.82, 2.24) is 4.57 Å². The highest BCUT2D eigenvalue weighted by molar-refractivity contribution is 14.1. The number of nitrogens with zero attached hydrogens (tertiary/aromatic N) is 2. The molecule has 192 valence electrons. The highest BCUT2D eigenvalue weighted by atomic mass is 127. The number of benzene rings is 2. The van der Waals surface area contributed by atoms with Crippen molar-refractivity contribution in [3.05, 3.63) is 88.1 Å². The number of carboxylic acids is 1. The third-order valence-electron chi connectivity index (χ3n) is 5.52. The third-order valence-corrected chi connectivity index (χ3v) is 7.31. The number of fused-ring (bicyclic) bond motifs is 1. The van der Waals surface area contributed by atoms with Gasteiger partial charge in [-0.2, -0.15) is 0 Å². The van der Waals surface area contributed by atoms with E-state index in [2.05, 4.69) is 4.99 Å². The minimum absolute atomic E-state index is 0.203. The van der Waals surface area contributed by atoms with E-state index >= 15 is 0 Å². The van der Waals surface area contributed by atoms with E-state index in [1.54, 1.807) is 32.1 Å². The van der Waals surface area contributed by atoms with Crippen molar-refractivity contribution in [2.45, 2.75) is 19.9 Å². The predicted molar refractivity (Wildman–Crippen MR) is 146 cm³/mol. The van der Waals surface area contributed by atoms with E-state index in [0.717, 1.165) is 5.56 Å². The molecule has 0 aliphatic carbocycles. The van der Waals surface area contributed by atoms with Crippen molar-refractivity contribution in [1.29, 1.82) is 0 Å². The molecule has 1 aliphatic rings. The molecule has 4 rings (SSSR count). The van der Waals surface area contributed by atoms with Gasteiger partial charge in [-0.05, 0) is 65.8 Å². The Morgan fingerprint density at radius 3 is 2.62 bits per heavy atom. The topological polar surface area (TPSA) is 116 Å². The molecule has 37 heavy (non-hydrogen) atoms. The molecule has 0 spiro atoms. The first kappa shape index (κ1) is 26.6. The average molecular weight is 634 g/mol. The molecular formula is C26H23IN2O7S. The second-order valence-electron chi connectivity index (χ2n) is 7.93. The minimum atomic E-state index is -1.10. The monoisotopic (exact) mass is 634 g/mol. The van der Waals surface area contributed by atoms with Crippen LogP contribution in [0.5, 0.6) is 11.5 Å².